The van der Waals surface area contributed by atoms with Crippen molar-refractivity contribution in [3.05, 3.63) is 53.6 Å². The molecule has 0 aromatic heterocycles. The highest BCUT2D eigenvalue weighted by molar-refractivity contribution is 7.86. The maximum atomic E-state index is 12.3. The van der Waals surface area contributed by atoms with Gasteiger partial charge in [0.05, 0.1) is 23.3 Å². The van der Waals surface area contributed by atoms with E-state index in [1.165, 1.54) is 36.4 Å². The fraction of sp³-hybridized carbons (Fsp3) is 0.300. The largest absolute Gasteiger partial charge is 0.459 e. The van der Waals surface area contributed by atoms with Gasteiger partial charge >= 0.3 is 11.9 Å². The minimum Gasteiger partial charge on any atom is -0.459 e. The number of carbonyl (C=O) groups is 2. The summed E-state index contributed by atoms with van der Waals surface area (Å²) in [7, 11) is -4.55. The van der Waals surface area contributed by atoms with Crippen LogP contribution in [0.4, 0.5) is 0 Å². The topological polar surface area (TPSA) is 116 Å². The van der Waals surface area contributed by atoms with Gasteiger partial charge in [-0.3, -0.25) is 4.55 Å². The Balaban J connectivity index is 2.51. The Morgan fingerprint density at radius 1 is 0.862 bits per heavy atom. The molecular weight excluding hydrogens is 400 g/mol. The molecule has 0 saturated heterocycles. The quantitative estimate of drug-likeness (QED) is 0.528. The standard InChI is InChI=1S/C20H22O8S/c1-12(2)26-19(21)14-9-15(20(22)27-13(3)4)11-16(10-14)28-17-7-5-6-8-18(17)29(23,24)25/h5-13H,1-4H3,(H,23,24,25). The first-order valence-electron chi connectivity index (χ1n) is 8.78. The number of benzene rings is 2. The number of esters is 2. The molecule has 1 N–H and O–H groups in total. The smallest absolute Gasteiger partial charge is 0.338 e. The van der Waals surface area contributed by atoms with Crippen LogP contribution in [0.5, 0.6) is 11.5 Å². The van der Waals surface area contributed by atoms with E-state index in [1.807, 2.05) is 0 Å². The molecule has 29 heavy (non-hydrogen) atoms. The Bertz CT molecular complexity index is 969. The van der Waals surface area contributed by atoms with Gasteiger partial charge in [0.15, 0.2) is 0 Å². The number of carbonyl (C=O) groups excluding carboxylic acids is 2. The Morgan fingerprint density at radius 3 is 1.79 bits per heavy atom. The Morgan fingerprint density at radius 2 is 1.34 bits per heavy atom. The van der Waals surface area contributed by atoms with Gasteiger partial charge in [0.1, 0.15) is 16.4 Å². The van der Waals surface area contributed by atoms with E-state index in [9.17, 15) is 22.6 Å². The molecule has 0 aliphatic carbocycles. The zero-order valence-corrected chi connectivity index (χ0v) is 17.2. The fourth-order valence-corrected chi connectivity index (χ4v) is 2.95. The van der Waals surface area contributed by atoms with Gasteiger partial charge < -0.3 is 14.2 Å². The second-order valence-electron chi connectivity index (χ2n) is 6.68. The summed E-state index contributed by atoms with van der Waals surface area (Å²) in [6, 6.07) is 9.32. The zero-order chi connectivity index (χ0) is 21.8. The van der Waals surface area contributed by atoms with Crippen molar-refractivity contribution in [1.29, 1.82) is 0 Å². The van der Waals surface area contributed by atoms with Gasteiger partial charge in [0, 0.05) is 0 Å². The van der Waals surface area contributed by atoms with E-state index in [0.29, 0.717) is 0 Å². The summed E-state index contributed by atoms with van der Waals surface area (Å²) in [5.74, 6) is -1.55. The van der Waals surface area contributed by atoms with Crippen molar-refractivity contribution >= 4 is 22.1 Å². The van der Waals surface area contributed by atoms with Crippen LogP contribution in [0.1, 0.15) is 48.4 Å². The summed E-state index contributed by atoms with van der Waals surface area (Å²) in [5.41, 5.74) is 0.0486. The van der Waals surface area contributed by atoms with Crippen LogP contribution < -0.4 is 4.74 Å². The first kappa shape index (κ1) is 22.4. The lowest BCUT2D eigenvalue weighted by atomic mass is 10.1. The highest BCUT2D eigenvalue weighted by Gasteiger charge is 2.20. The number of rotatable bonds is 7. The third-order valence-electron chi connectivity index (χ3n) is 3.42. The Kier molecular flexibility index (Phi) is 6.99. The van der Waals surface area contributed by atoms with Gasteiger partial charge in [-0.15, -0.1) is 0 Å². The minimum absolute atomic E-state index is 0.00462. The lowest BCUT2D eigenvalue weighted by Gasteiger charge is -2.14. The summed E-state index contributed by atoms with van der Waals surface area (Å²) >= 11 is 0. The van der Waals surface area contributed by atoms with Crippen molar-refractivity contribution in [3.8, 4) is 11.5 Å². The third kappa shape index (κ3) is 6.30. The molecular formula is C20H22O8S. The van der Waals surface area contributed by atoms with E-state index >= 15 is 0 Å². The van der Waals surface area contributed by atoms with Crippen molar-refractivity contribution in [2.45, 2.75) is 44.8 Å². The van der Waals surface area contributed by atoms with E-state index in [-0.39, 0.29) is 22.6 Å². The summed E-state index contributed by atoms with van der Waals surface area (Å²) in [6.07, 6.45) is -0.781. The summed E-state index contributed by atoms with van der Waals surface area (Å²) in [6.45, 7) is 6.70. The molecule has 0 spiro atoms. The molecule has 2 rings (SSSR count). The van der Waals surface area contributed by atoms with E-state index in [0.717, 1.165) is 6.07 Å². The van der Waals surface area contributed by atoms with Crippen LogP contribution in [0.2, 0.25) is 0 Å². The SMILES string of the molecule is CC(C)OC(=O)c1cc(Oc2ccccc2S(=O)(=O)O)cc(C(=O)OC(C)C)c1. The first-order valence-corrected chi connectivity index (χ1v) is 10.2. The average Bonchev–Trinajstić information content (AvgIpc) is 2.60. The number of hydrogen-bond donors (Lipinski definition) is 1. The highest BCUT2D eigenvalue weighted by atomic mass is 32.2. The van der Waals surface area contributed by atoms with Gasteiger partial charge in [0.2, 0.25) is 0 Å². The predicted molar refractivity (Wildman–Crippen MR) is 104 cm³/mol. The molecule has 0 aliphatic rings. The number of ether oxygens (including phenoxy) is 3. The van der Waals surface area contributed by atoms with E-state index in [4.69, 9.17) is 14.2 Å². The van der Waals surface area contributed by atoms with Crippen molar-refractivity contribution in [3.63, 3.8) is 0 Å². The molecule has 156 valence electrons. The first-order chi connectivity index (χ1) is 13.5. The van der Waals surface area contributed by atoms with Crippen LogP contribution in [-0.2, 0) is 19.6 Å². The zero-order valence-electron chi connectivity index (χ0n) is 16.4. The Labute approximate surface area is 169 Å². The van der Waals surface area contributed by atoms with Crippen LogP contribution in [0.15, 0.2) is 47.4 Å². The maximum Gasteiger partial charge on any atom is 0.338 e. The van der Waals surface area contributed by atoms with Crippen LogP contribution in [0, 0.1) is 0 Å². The molecule has 9 heteroatoms. The molecule has 0 amide bonds. The van der Waals surface area contributed by atoms with E-state index < -0.39 is 39.2 Å². The molecule has 8 nitrogen and oxygen atoms in total. The molecule has 0 atom stereocenters. The average molecular weight is 422 g/mol. The summed E-state index contributed by atoms with van der Waals surface area (Å²) in [4.78, 5) is 24.2. The second-order valence-corrected chi connectivity index (χ2v) is 8.07. The van der Waals surface area contributed by atoms with Crippen LogP contribution in [-0.4, -0.2) is 37.1 Å². The van der Waals surface area contributed by atoms with Gasteiger partial charge in [-0.1, -0.05) is 12.1 Å². The lowest BCUT2D eigenvalue weighted by molar-refractivity contribution is 0.0376. The van der Waals surface area contributed by atoms with E-state index in [1.54, 1.807) is 27.7 Å². The highest BCUT2D eigenvalue weighted by Crippen LogP contribution is 2.30. The maximum absolute atomic E-state index is 12.3. The number of para-hydroxylation sites is 1. The molecule has 2 aromatic rings. The van der Waals surface area contributed by atoms with E-state index in [2.05, 4.69) is 0 Å². The molecule has 0 heterocycles. The van der Waals surface area contributed by atoms with Crippen molar-refractivity contribution < 1.29 is 36.8 Å². The fourth-order valence-electron chi connectivity index (χ4n) is 2.33. The molecule has 2 aromatic carbocycles. The van der Waals surface area contributed by atoms with Gasteiger partial charge in [0.25, 0.3) is 10.1 Å². The van der Waals surface area contributed by atoms with Gasteiger partial charge in [-0.25, -0.2) is 9.59 Å². The molecule has 0 unspecified atom stereocenters. The van der Waals surface area contributed by atoms with Crippen LogP contribution in [0.3, 0.4) is 0 Å². The Hall–Kier alpha value is -2.91. The summed E-state index contributed by atoms with van der Waals surface area (Å²) in [5, 5.41) is 0. The molecule has 0 radical (unpaired) electrons. The van der Waals surface area contributed by atoms with Crippen molar-refractivity contribution in [2.75, 3.05) is 0 Å². The lowest BCUT2D eigenvalue weighted by Crippen LogP contribution is -2.15. The summed E-state index contributed by atoms with van der Waals surface area (Å²) < 4.78 is 48.4. The normalized spacial score (nSPS) is 11.4. The molecule has 0 fully saturated rings. The third-order valence-corrected chi connectivity index (χ3v) is 4.31. The second kappa shape index (κ2) is 9.06. The molecule has 0 saturated carbocycles. The van der Waals surface area contributed by atoms with Crippen molar-refractivity contribution in [2.24, 2.45) is 0 Å². The van der Waals surface area contributed by atoms with Gasteiger partial charge in [-0.05, 0) is 58.0 Å². The minimum atomic E-state index is -4.55. The van der Waals surface area contributed by atoms with Crippen molar-refractivity contribution in [1.82, 2.24) is 0 Å². The van der Waals surface area contributed by atoms with Gasteiger partial charge in [-0.2, -0.15) is 8.42 Å². The number of hydrogen-bond acceptors (Lipinski definition) is 7. The van der Waals surface area contributed by atoms with Crippen LogP contribution in [0.25, 0.3) is 0 Å². The van der Waals surface area contributed by atoms with Crippen LogP contribution >= 0.6 is 0 Å². The monoisotopic (exact) mass is 422 g/mol. The molecule has 0 bridgehead atoms. The predicted octanol–water partition coefficient (Wildman–Crippen LogP) is 3.86. The molecule has 0 aliphatic heterocycles.